The van der Waals surface area contributed by atoms with Crippen LogP contribution < -0.4 is 0 Å². The van der Waals surface area contributed by atoms with Gasteiger partial charge in [-0.15, -0.1) is 0 Å². The van der Waals surface area contributed by atoms with Gasteiger partial charge in [0.25, 0.3) is 0 Å². The number of ether oxygens (including phenoxy) is 4. The van der Waals surface area contributed by atoms with Crippen molar-refractivity contribution in [2.75, 3.05) is 13.2 Å². The van der Waals surface area contributed by atoms with Gasteiger partial charge in [-0.3, -0.25) is 0 Å². The Kier molecular flexibility index (Phi) is 8.25. The first kappa shape index (κ1) is 21.7. The van der Waals surface area contributed by atoms with Gasteiger partial charge in [-0.25, -0.2) is 0 Å². The predicted octanol–water partition coefficient (Wildman–Crippen LogP) is 5.16. The quantitative estimate of drug-likeness (QED) is 0.456. The van der Waals surface area contributed by atoms with Crippen LogP contribution in [0.2, 0.25) is 0 Å². The zero-order valence-corrected chi connectivity index (χ0v) is 17.8. The summed E-state index contributed by atoms with van der Waals surface area (Å²) in [6.45, 7) is 2.76. The maximum Gasteiger partial charge on any atom is 0.113 e. The molecule has 162 valence electrons. The molecule has 0 amide bonds. The lowest BCUT2D eigenvalue weighted by Gasteiger charge is -2.37. The standard InChI is InChI=1S/C27H30O4/c1-4-10-22(11-5-1)18-28-21-26-27(31-20-24-14-8-3-9-15-24)25(16-17-29-26)30-19-23-12-6-2-7-13-23/h1-15,25-27H,16-21H2/t25-,26-,27+/m1/s1. The van der Waals surface area contributed by atoms with Gasteiger partial charge in [0.15, 0.2) is 0 Å². The fourth-order valence-corrected chi connectivity index (χ4v) is 3.78. The second-order valence-corrected chi connectivity index (χ2v) is 7.79. The summed E-state index contributed by atoms with van der Waals surface area (Å²) >= 11 is 0. The van der Waals surface area contributed by atoms with E-state index in [0.29, 0.717) is 33.0 Å². The topological polar surface area (TPSA) is 36.9 Å². The molecule has 3 aromatic rings. The molecule has 3 aromatic carbocycles. The molecule has 1 saturated heterocycles. The summed E-state index contributed by atoms with van der Waals surface area (Å²) in [5.74, 6) is 0. The number of rotatable bonds is 10. The van der Waals surface area contributed by atoms with Crippen LogP contribution in [0.1, 0.15) is 23.1 Å². The minimum atomic E-state index is -0.187. The molecule has 4 heteroatoms. The van der Waals surface area contributed by atoms with Gasteiger partial charge in [-0.2, -0.15) is 0 Å². The summed E-state index contributed by atoms with van der Waals surface area (Å²) in [6, 6.07) is 30.7. The van der Waals surface area contributed by atoms with E-state index in [1.165, 1.54) is 0 Å². The van der Waals surface area contributed by atoms with Crippen molar-refractivity contribution in [3.63, 3.8) is 0 Å². The van der Waals surface area contributed by atoms with Crippen molar-refractivity contribution in [3.8, 4) is 0 Å². The Morgan fingerprint density at radius 1 is 0.645 bits per heavy atom. The fraction of sp³-hybridized carbons (Fsp3) is 0.333. The molecule has 0 spiro atoms. The molecular formula is C27H30O4. The molecule has 4 nitrogen and oxygen atoms in total. The first-order chi connectivity index (χ1) is 15.4. The summed E-state index contributed by atoms with van der Waals surface area (Å²) in [7, 11) is 0. The lowest BCUT2D eigenvalue weighted by atomic mass is 10.0. The SMILES string of the molecule is c1ccc(COC[C@H]2OCC[C@@H](OCc3ccccc3)[C@@H]2OCc2ccccc2)cc1. The van der Waals surface area contributed by atoms with E-state index in [4.69, 9.17) is 18.9 Å². The normalized spacial score (nSPS) is 21.1. The molecule has 0 saturated carbocycles. The van der Waals surface area contributed by atoms with Crippen LogP contribution in [0.4, 0.5) is 0 Å². The molecular weight excluding hydrogens is 388 g/mol. The van der Waals surface area contributed by atoms with Gasteiger partial charge in [-0.1, -0.05) is 91.0 Å². The molecule has 0 aliphatic carbocycles. The van der Waals surface area contributed by atoms with E-state index in [2.05, 4.69) is 36.4 Å². The molecule has 0 aromatic heterocycles. The van der Waals surface area contributed by atoms with Crippen LogP contribution in [0.5, 0.6) is 0 Å². The van der Waals surface area contributed by atoms with E-state index in [-0.39, 0.29) is 18.3 Å². The van der Waals surface area contributed by atoms with Crippen LogP contribution in [0.25, 0.3) is 0 Å². The molecule has 3 atom stereocenters. The van der Waals surface area contributed by atoms with Gasteiger partial charge in [0.05, 0.1) is 32.5 Å². The van der Waals surface area contributed by atoms with Gasteiger partial charge in [-0.05, 0) is 23.1 Å². The van der Waals surface area contributed by atoms with Crippen molar-refractivity contribution in [3.05, 3.63) is 108 Å². The summed E-state index contributed by atoms with van der Waals surface area (Å²) in [4.78, 5) is 0. The Morgan fingerprint density at radius 3 is 1.74 bits per heavy atom. The molecule has 1 aliphatic heterocycles. The van der Waals surface area contributed by atoms with Gasteiger partial charge in [0.1, 0.15) is 12.2 Å². The molecule has 31 heavy (non-hydrogen) atoms. The van der Waals surface area contributed by atoms with Crippen molar-refractivity contribution in [2.24, 2.45) is 0 Å². The van der Waals surface area contributed by atoms with Crippen LogP contribution in [0.3, 0.4) is 0 Å². The number of benzene rings is 3. The fourth-order valence-electron chi connectivity index (χ4n) is 3.78. The van der Waals surface area contributed by atoms with Gasteiger partial charge in [0, 0.05) is 6.61 Å². The van der Waals surface area contributed by atoms with Crippen LogP contribution in [0.15, 0.2) is 91.0 Å². The number of hydrogen-bond acceptors (Lipinski definition) is 4. The van der Waals surface area contributed by atoms with Crippen molar-refractivity contribution in [1.29, 1.82) is 0 Å². The monoisotopic (exact) mass is 418 g/mol. The smallest absolute Gasteiger partial charge is 0.113 e. The molecule has 4 rings (SSSR count). The highest BCUT2D eigenvalue weighted by molar-refractivity contribution is 5.15. The molecule has 0 bridgehead atoms. The largest absolute Gasteiger partial charge is 0.374 e. The zero-order chi connectivity index (χ0) is 21.1. The predicted molar refractivity (Wildman–Crippen MR) is 120 cm³/mol. The van der Waals surface area contributed by atoms with Gasteiger partial charge < -0.3 is 18.9 Å². The van der Waals surface area contributed by atoms with E-state index in [9.17, 15) is 0 Å². The second kappa shape index (κ2) is 11.8. The highest BCUT2D eigenvalue weighted by Gasteiger charge is 2.36. The third-order valence-electron chi connectivity index (χ3n) is 5.45. The van der Waals surface area contributed by atoms with E-state index >= 15 is 0 Å². The van der Waals surface area contributed by atoms with Crippen molar-refractivity contribution in [2.45, 2.75) is 44.6 Å². The van der Waals surface area contributed by atoms with Crippen LogP contribution in [-0.2, 0) is 38.8 Å². The van der Waals surface area contributed by atoms with Crippen LogP contribution in [0, 0.1) is 0 Å². The van der Waals surface area contributed by atoms with E-state index in [1.807, 2.05) is 54.6 Å². The summed E-state index contributed by atoms with van der Waals surface area (Å²) in [5, 5.41) is 0. The molecule has 1 fully saturated rings. The Hall–Kier alpha value is -2.50. The minimum Gasteiger partial charge on any atom is -0.374 e. The highest BCUT2D eigenvalue weighted by atomic mass is 16.6. The summed E-state index contributed by atoms with van der Waals surface area (Å²) in [5.41, 5.74) is 3.45. The first-order valence-corrected chi connectivity index (χ1v) is 10.9. The molecule has 0 N–H and O–H groups in total. The first-order valence-electron chi connectivity index (χ1n) is 10.9. The third-order valence-corrected chi connectivity index (χ3v) is 5.45. The maximum atomic E-state index is 6.36. The lowest BCUT2D eigenvalue weighted by Crippen LogP contribution is -2.49. The van der Waals surface area contributed by atoms with Crippen molar-refractivity contribution in [1.82, 2.24) is 0 Å². The van der Waals surface area contributed by atoms with E-state index in [0.717, 1.165) is 23.1 Å². The van der Waals surface area contributed by atoms with Crippen LogP contribution in [-0.4, -0.2) is 31.5 Å². The molecule has 1 heterocycles. The molecule has 0 unspecified atom stereocenters. The molecule has 0 radical (unpaired) electrons. The third kappa shape index (κ3) is 6.74. The Balaban J connectivity index is 1.38. The highest BCUT2D eigenvalue weighted by Crippen LogP contribution is 2.24. The van der Waals surface area contributed by atoms with Crippen molar-refractivity contribution < 1.29 is 18.9 Å². The maximum absolute atomic E-state index is 6.36. The van der Waals surface area contributed by atoms with Gasteiger partial charge in [0.2, 0.25) is 0 Å². The Morgan fingerprint density at radius 2 is 1.16 bits per heavy atom. The number of hydrogen-bond donors (Lipinski definition) is 0. The van der Waals surface area contributed by atoms with Crippen molar-refractivity contribution >= 4 is 0 Å². The average molecular weight is 419 g/mol. The summed E-state index contributed by atoms with van der Waals surface area (Å²) < 4.78 is 24.7. The Bertz CT molecular complexity index is 870. The lowest BCUT2D eigenvalue weighted by molar-refractivity contribution is -0.197. The van der Waals surface area contributed by atoms with Crippen LogP contribution >= 0.6 is 0 Å². The minimum absolute atomic E-state index is 0.0389. The molecule has 1 aliphatic rings. The average Bonchev–Trinajstić information content (AvgIpc) is 2.84. The van der Waals surface area contributed by atoms with E-state index in [1.54, 1.807) is 0 Å². The second-order valence-electron chi connectivity index (χ2n) is 7.79. The van der Waals surface area contributed by atoms with Gasteiger partial charge >= 0.3 is 0 Å². The van der Waals surface area contributed by atoms with E-state index < -0.39 is 0 Å². The Labute approximate surface area is 184 Å². The summed E-state index contributed by atoms with van der Waals surface area (Å²) in [6.07, 6.45) is 0.417. The zero-order valence-electron chi connectivity index (χ0n) is 17.8.